The van der Waals surface area contributed by atoms with Crippen molar-refractivity contribution in [2.24, 2.45) is 0 Å². The van der Waals surface area contributed by atoms with Crippen molar-refractivity contribution in [3.05, 3.63) is 42.1 Å². The van der Waals surface area contributed by atoms with Crippen molar-refractivity contribution in [2.75, 3.05) is 18.6 Å². The summed E-state index contributed by atoms with van der Waals surface area (Å²) in [5.41, 5.74) is 5.36. The van der Waals surface area contributed by atoms with E-state index >= 15 is 0 Å². The van der Waals surface area contributed by atoms with Crippen LogP contribution in [-0.4, -0.2) is 37.2 Å². The van der Waals surface area contributed by atoms with E-state index in [1.165, 1.54) is 0 Å². The van der Waals surface area contributed by atoms with Crippen LogP contribution in [0.25, 0.3) is 0 Å². The van der Waals surface area contributed by atoms with E-state index in [4.69, 9.17) is 0 Å². The van der Waals surface area contributed by atoms with Gasteiger partial charge < -0.3 is 20.3 Å². The highest BCUT2D eigenvalue weighted by molar-refractivity contribution is 6.23. The van der Waals surface area contributed by atoms with Gasteiger partial charge in [-0.1, -0.05) is 18.2 Å². The van der Waals surface area contributed by atoms with Crippen molar-refractivity contribution in [3.8, 4) is 0 Å². The maximum Gasteiger partial charge on any atom is 0.414 e. The van der Waals surface area contributed by atoms with Crippen LogP contribution in [0.3, 0.4) is 0 Å². The Morgan fingerprint density at radius 1 is 0.885 bits per heavy atom. The SMILES string of the molecule is CCOC(=O)NC(=O)C(=CNNc1ccccc1)C(=O)NC(=O)OCC. The number of nitrogens with one attached hydrogen (secondary N) is 4. The van der Waals surface area contributed by atoms with Gasteiger partial charge in [-0.15, -0.1) is 0 Å². The first kappa shape index (κ1) is 20.5. The number of hydrazine groups is 1. The molecule has 26 heavy (non-hydrogen) atoms. The molecule has 0 radical (unpaired) electrons. The molecule has 4 N–H and O–H groups in total. The Labute approximate surface area is 149 Å². The molecule has 1 rings (SSSR count). The van der Waals surface area contributed by atoms with Gasteiger partial charge in [-0.25, -0.2) is 9.59 Å². The number of hydrogen-bond acceptors (Lipinski definition) is 8. The Balaban J connectivity index is 2.83. The molecule has 0 spiro atoms. The molecule has 0 saturated heterocycles. The number of hydrogen-bond donors (Lipinski definition) is 4. The molecule has 0 heterocycles. The minimum atomic E-state index is -1.06. The minimum Gasteiger partial charge on any atom is -0.450 e. The van der Waals surface area contributed by atoms with Crippen LogP contribution in [0.5, 0.6) is 0 Å². The second-order valence-electron chi connectivity index (χ2n) is 4.54. The molecular formula is C16H20N4O6. The molecule has 140 valence electrons. The van der Waals surface area contributed by atoms with E-state index in [0.29, 0.717) is 5.69 Å². The van der Waals surface area contributed by atoms with Crippen LogP contribution in [0.4, 0.5) is 15.3 Å². The highest BCUT2D eigenvalue weighted by Crippen LogP contribution is 2.03. The minimum absolute atomic E-state index is 0.0427. The topological polar surface area (TPSA) is 135 Å². The number of amides is 4. The van der Waals surface area contributed by atoms with Crippen molar-refractivity contribution >= 4 is 29.7 Å². The lowest BCUT2D eigenvalue weighted by atomic mass is 10.2. The Hall–Kier alpha value is -3.56. The van der Waals surface area contributed by atoms with Crippen molar-refractivity contribution < 1.29 is 28.7 Å². The Morgan fingerprint density at radius 3 is 1.85 bits per heavy atom. The second kappa shape index (κ2) is 11.1. The standard InChI is InChI=1S/C16H20N4O6/c1-3-25-15(23)18-13(21)12(14(22)19-16(24)26-4-2)10-17-20-11-8-6-5-7-9-11/h5-10,17,20H,3-4H2,1-2H3,(H,18,21,23)(H,19,22,24). The van der Waals surface area contributed by atoms with Crippen LogP contribution in [0.15, 0.2) is 42.1 Å². The van der Waals surface area contributed by atoms with Crippen LogP contribution < -0.4 is 21.5 Å². The van der Waals surface area contributed by atoms with Gasteiger partial charge in [-0.2, -0.15) is 0 Å². The number of carbonyl (C=O) groups is 4. The number of alkyl carbamates (subject to hydrolysis) is 2. The number of imide groups is 2. The number of benzene rings is 1. The van der Waals surface area contributed by atoms with E-state index < -0.39 is 29.6 Å². The highest BCUT2D eigenvalue weighted by atomic mass is 16.6. The van der Waals surface area contributed by atoms with Crippen molar-refractivity contribution in [2.45, 2.75) is 13.8 Å². The molecule has 0 aromatic heterocycles. The van der Waals surface area contributed by atoms with E-state index in [2.05, 4.69) is 20.3 Å². The summed E-state index contributed by atoms with van der Waals surface area (Å²) < 4.78 is 9.16. The lowest BCUT2D eigenvalue weighted by Gasteiger charge is -2.10. The molecule has 0 aliphatic rings. The molecule has 0 unspecified atom stereocenters. The van der Waals surface area contributed by atoms with E-state index in [1.807, 2.05) is 16.7 Å². The van der Waals surface area contributed by atoms with Gasteiger partial charge in [0.05, 0.1) is 18.9 Å². The van der Waals surface area contributed by atoms with Crippen molar-refractivity contribution in [3.63, 3.8) is 0 Å². The molecule has 1 aromatic carbocycles. The first-order valence-electron chi connectivity index (χ1n) is 7.70. The van der Waals surface area contributed by atoms with Gasteiger partial charge >= 0.3 is 12.2 Å². The number of ether oxygens (including phenoxy) is 2. The largest absolute Gasteiger partial charge is 0.450 e. The predicted octanol–water partition coefficient (Wildman–Crippen LogP) is 1.03. The maximum atomic E-state index is 12.1. The summed E-state index contributed by atoms with van der Waals surface area (Å²) in [5.74, 6) is -2.12. The Bertz CT molecular complexity index is 641. The van der Waals surface area contributed by atoms with Gasteiger partial charge in [-0.05, 0) is 26.0 Å². The molecule has 0 bridgehead atoms. The molecule has 10 heteroatoms. The fraction of sp³-hybridized carbons (Fsp3) is 0.250. The number of rotatable bonds is 7. The molecule has 0 atom stereocenters. The number of para-hydroxylation sites is 1. The first-order chi connectivity index (χ1) is 12.5. The summed E-state index contributed by atoms with van der Waals surface area (Å²) >= 11 is 0. The van der Waals surface area contributed by atoms with Gasteiger partial charge in [0.2, 0.25) is 0 Å². The van der Waals surface area contributed by atoms with Gasteiger partial charge in [0, 0.05) is 6.20 Å². The maximum absolute atomic E-state index is 12.1. The van der Waals surface area contributed by atoms with Crippen LogP contribution >= 0.6 is 0 Å². The predicted molar refractivity (Wildman–Crippen MR) is 91.6 cm³/mol. The fourth-order valence-corrected chi connectivity index (χ4v) is 1.60. The number of anilines is 1. The summed E-state index contributed by atoms with van der Waals surface area (Å²) in [6.45, 7) is 3.20. The van der Waals surface area contributed by atoms with E-state index in [-0.39, 0.29) is 13.2 Å². The fourth-order valence-electron chi connectivity index (χ4n) is 1.60. The van der Waals surface area contributed by atoms with Crippen LogP contribution in [0.1, 0.15) is 13.8 Å². The van der Waals surface area contributed by atoms with Crippen LogP contribution in [0.2, 0.25) is 0 Å². The van der Waals surface area contributed by atoms with E-state index in [0.717, 1.165) is 6.20 Å². The third kappa shape index (κ3) is 7.34. The zero-order valence-electron chi connectivity index (χ0n) is 14.3. The lowest BCUT2D eigenvalue weighted by Crippen LogP contribution is -2.41. The third-order valence-corrected chi connectivity index (χ3v) is 2.68. The molecule has 0 aliphatic heterocycles. The lowest BCUT2D eigenvalue weighted by molar-refractivity contribution is -0.122. The molecule has 0 fully saturated rings. The summed E-state index contributed by atoms with van der Waals surface area (Å²) in [6, 6.07) is 8.83. The first-order valence-corrected chi connectivity index (χ1v) is 7.70. The monoisotopic (exact) mass is 364 g/mol. The average Bonchev–Trinajstić information content (AvgIpc) is 2.59. The molecule has 10 nitrogen and oxygen atoms in total. The average molecular weight is 364 g/mol. The normalized spacial score (nSPS) is 9.31. The smallest absolute Gasteiger partial charge is 0.414 e. The molecule has 0 aliphatic carbocycles. The van der Waals surface area contributed by atoms with Crippen molar-refractivity contribution in [1.82, 2.24) is 16.1 Å². The zero-order chi connectivity index (χ0) is 19.4. The van der Waals surface area contributed by atoms with Gasteiger partial charge in [0.25, 0.3) is 11.8 Å². The van der Waals surface area contributed by atoms with Crippen molar-refractivity contribution in [1.29, 1.82) is 0 Å². The number of carbonyl (C=O) groups excluding carboxylic acids is 4. The molecular weight excluding hydrogens is 344 g/mol. The zero-order valence-corrected chi connectivity index (χ0v) is 14.3. The molecule has 1 aromatic rings. The summed E-state index contributed by atoms with van der Waals surface area (Å²) in [6.07, 6.45) is -1.05. The quantitative estimate of drug-likeness (QED) is 0.244. The van der Waals surface area contributed by atoms with Crippen LogP contribution in [0, 0.1) is 0 Å². The molecule has 0 saturated carbocycles. The van der Waals surface area contributed by atoms with Crippen LogP contribution in [-0.2, 0) is 19.1 Å². The van der Waals surface area contributed by atoms with E-state index in [9.17, 15) is 19.2 Å². The summed E-state index contributed by atoms with van der Waals surface area (Å²) in [4.78, 5) is 46.9. The highest BCUT2D eigenvalue weighted by Gasteiger charge is 2.23. The van der Waals surface area contributed by atoms with Gasteiger partial charge in [0.15, 0.2) is 0 Å². The van der Waals surface area contributed by atoms with Gasteiger partial charge in [-0.3, -0.25) is 20.2 Å². The second-order valence-corrected chi connectivity index (χ2v) is 4.54. The van der Waals surface area contributed by atoms with Gasteiger partial charge in [0.1, 0.15) is 5.57 Å². The summed E-state index contributed by atoms with van der Waals surface area (Å²) in [7, 11) is 0. The molecule has 4 amide bonds. The Morgan fingerprint density at radius 2 is 1.38 bits per heavy atom. The third-order valence-electron chi connectivity index (χ3n) is 2.68. The Kier molecular flexibility index (Phi) is 8.73. The van der Waals surface area contributed by atoms with E-state index in [1.54, 1.807) is 38.1 Å². The summed E-state index contributed by atoms with van der Waals surface area (Å²) in [5, 5.41) is 3.73.